The Morgan fingerprint density at radius 3 is 2.50 bits per heavy atom. The third-order valence-electron chi connectivity index (χ3n) is 1.99. The minimum absolute atomic E-state index is 0.0658. The van der Waals surface area contributed by atoms with E-state index in [0.717, 1.165) is 12.1 Å². The maximum absolute atomic E-state index is 13.4. The van der Waals surface area contributed by atoms with Crippen LogP contribution in [0, 0.1) is 17.5 Å². The van der Waals surface area contributed by atoms with Gasteiger partial charge in [-0.25, -0.2) is 13.2 Å². The highest BCUT2D eigenvalue weighted by Gasteiger charge is 2.18. The minimum atomic E-state index is -1.27. The summed E-state index contributed by atoms with van der Waals surface area (Å²) in [5.74, 6) is -2.87. The van der Waals surface area contributed by atoms with Crippen molar-refractivity contribution in [1.82, 2.24) is 5.16 Å². The predicted octanol–water partition coefficient (Wildman–Crippen LogP) is 3.65. The van der Waals surface area contributed by atoms with Gasteiger partial charge in [0.15, 0.2) is 11.6 Å². The van der Waals surface area contributed by atoms with Crippen LogP contribution in [-0.4, -0.2) is 5.16 Å². The van der Waals surface area contributed by atoms with E-state index < -0.39 is 23.0 Å². The molecule has 1 aromatic heterocycles. The van der Waals surface area contributed by atoms with Gasteiger partial charge in [0.2, 0.25) is 0 Å². The van der Waals surface area contributed by atoms with Crippen molar-refractivity contribution in [3.63, 3.8) is 0 Å². The molecule has 16 heavy (non-hydrogen) atoms. The monoisotopic (exact) mass is 291 g/mol. The molecule has 1 aromatic carbocycles. The Bertz CT molecular complexity index is 527. The zero-order chi connectivity index (χ0) is 11.7. The van der Waals surface area contributed by atoms with Crippen molar-refractivity contribution >= 4 is 15.9 Å². The number of benzene rings is 1. The molecule has 0 N–H and O–H groups in total. The molecule has 0 aliphatic heterocycles. The van der Waals surface area contributed by atoms with Crippen molar-refractivity contribution in [2.45, 2.75) is 5.33 Å². The summed E-state index contributed by atoms with van der Waals surface area (Å²) in [5.41, 5.74) is -0.583. The molecule has 0 aliphatic carbocycles. The lowest BCUT2D eigenvalue weighted by Gasteiger charge is -2.00. The SMILES string of the molecule is Fc1ccc(F)c(-c2cc(CBr)on2)c1F. The minimum Gasteiger partial charge on any atom is -0.360 e. The van der Waals surface area contributed by atoms with Gasteiger partial charge in [-0.1, -0.05) is 21.1 Å². The fourth-order valence-corrected chi connectivity index (χ4v) is 1.52. The van der Waals surface area contributed by atoms with Crippen LogP contribution in [0.2, 0.25) is 0 Å². The van der Waals surface area contributed by atoms with Gasteiger partial charge in [0.25, 0.3) is 0 Å². The first-order valence-corrected chi connectivity index (χ1v) is 5.41. The van der Waals surface area contributed by atoms with E-state index in [9.17, 15) is 13.2 Å². The summed E-state index contributed by atoms with van der Waals surface area (Å²) in [6, 6.07) is 2.91. The largest absolute Gasteiger partial charge is 0.360 e. The molecule has 0 bridgehead atoms. The van der Waals surface area contributed by atoms with Crippen molar-refractivity contribution < 1.29 is 17.7 Å². The number of halogens is 4. The number of hydrogen-bond donors (Lipinski definition) is 0. The standard InChI is InChI=1S/C10H5BrF3NO/c11-4-5-3-8(15-16-5)9-6(12)1-2-7(13)10(9)14/h1-3H,4H2. The van der Waals surface area contributed by atoms with Crippen molar-refractivity contribution in [2.75, 3.05) is 0 Å². The third kappa shape index (κ3) is 1.84. The van der Waals surface area contributed by atoms with Gasteiger partial charge in [-0.3, -0.25) is 0 Å². The second-order valence-electron chi connectivity index (χ2n) is 3.03. The molecule has 0 spiro atoms. The van der Waals surface area contributed by atoms with E-state index in [2.05, 4.69) is 21.1 Å². The van der Waals surface area contributed by atoms with E-state index in [4.69, 9.17) is 4.52 Å². The molecule has 0 amide bonds. The molecule has 6 heteroatoms. The van der Waals surface area contributed by atoms with Crippen LogP contribution in [0.4, 0.5) is 13.2 Å². The van der Waals surface area contributed by atoms with E-state index in [1.54, 1.807) is 0 Å². The molecule has 0 atom stereocenters. The van der Waals surface area contributed by atoms with Crippen LogP contribution in [-0.2, 0) is 5.33 Å². The smallest absolute Gasteiger partial charge is 0.171 e. The zero-order valence-electron chi connectivity index (χ0n) is 7.81. The molecule has 0 saturated carbocycles. The van der Waals surface area contributed by atoms with Gasteiger partial charge in [-0.15, -0.1) is 0 Å². The van der Waals surface area contributed by atoms with E-state index in [1.165, 1.54) is 6.07 Å². The number of alkyl halides is 1. The predicted molar refractivity (Wildman–Crippen MR) is 54.4 cm³/mol. The van der Waals surface area contributed by atoms with E-state index in [0.29, 0.717) is 11.1 Å². The Labute approximate surface area is 97.2 Å². The molecule has 2 nitrogen and oxygen atoms in total. The van der Waals surface area contributed by atoms with Crippen LogP contribution < -0.4 is 0 Å². The molecule has 84 valence electrons. The highest BCUT2D eigenvalue weighted by atomic mass is 79.9. The van der Waals surface area contributed by atoms with Crippen LogP contribution in [0.25, 0.3) is 11.3 Å². The lowest BCUT2D eigenvalue weighted by atomic mass is 10.1. The average molecular weight is 292 g/mol. The van der Waals surface area contributed by atoms with Gasteiger partial charge < -0.3 is 4.52 Å². The van der Waals surface area contributed by atoms with Gasteiger partial charge in [-0.2, -0.15) is 0 Å². The summed E-state index contributed by atoms with van der Waals surface area (Å²) in [5, 5.41) is 3.83. The molecule has 0 unspecified atom stereocenters. The first-order chi connectivity index (χ1) is 7.63. The maximum Gasteiger partial charge on any atom is 0.171 e. The Balaban J connectivity index is 2.58. The van der Waals surface area contributed by atoms with Crippen LogP contribution in [0.5, 0.6) is 0 Å². The molecule has 2 rings (SSSR count). The van der Waals surface area contributed by atoms with Crippen LogP contribution in [0.1, 0.15) is 5.76 Å². The second kappa shape index (κ2) is 4.29. The quantitative estimate of drug-likeness (QED) is 0.623. The first-order valence-electron chi connectivity index (χ1n) is 4.29. The summed E-state index contributed by atoms with van der Waals surface area (Å²) in [6.45, 7) is 0. The van der Waals surface area contributed by atoms with Crippen LogP contribution in [0.15, 0.2) is 22.7 Å². The summed E-state index contributed by atoms with van der Waals surface area (Å²) >= 11 is 3.10. The Morgan fingerprint density at radius 2 is 1.88 bits per heavy atom. The van der Waals surface area contributed by atoms with Crippen molar-refractivity contribution in [2.24, 2.45) is 0 Å². The van der Waals surface area contributed by atoms with Crippen molar-refractivity contribution in [3.05, 3.63) is 41.4 Å². The van der Waals surface area contributed by atoms with Gasteiger partial charge in [0.1, 0.15) is 17.3 Å². The molecule has 0 radical (unpaired) electrons. The second-order valence-corrected chi connectivity index (χ2v) is 3.59. The summed E-state index contributed by atoms with van der Waals surface area (Å²) in [6.07, 6.45) is 0. The number of rotatable bonds is 2. The van der Waals surface area contributed by atoms with Gasteiger partial charge in [0, 0.05) is 6.07 Å². The fraction of sp³-hybridized carbons (Fsp3) is 0.100. The first kappa shape index (κ1) is 11.2. The maximum atomic E-state index is 13.4. The average Bonchev–Trinajstić information content (AvgIpc) is 2.73. The molecule has 1 heterocycles. The summed E-state index contributed by atoms with van der Waals surface area (Å²) in [4.78, 5) is 0. The Kier molecular flexibility index (Phi) is 3.00. The lowest BCUT2D eigenvalue weighted by molar-refractivity contribution is 0.396. The molecular weight excluding hydrogens is 287 g/mol. The zero-order valence-corrected chi connectivity index (χ0v) is 9.39. The number of hydrogen-bond acceptors (Lipinski definition) is 2. The third-order valence-corrected chi connectivity index (χ3v) is 2.54. The van der Waals surface area contributed by atoms with E-state index in [-0.39, 0.29) is 5.69 Å². The van der Waals surface area contributed by atoms with Crippen LogP contribution in [0.3, 0.4) is 0 Å². The topological polar surface area (TPSA) is 26.0 Å². The molecular formula is C10H5BrF3NO. The highest BCUT2D eigenvalue weighted by molar-refractivity contribution is 9.08. The molecule has 2 aromatic rings. The van der Waals surface area contributed by atoms with Gasteiger partial charge >= 0.3 is 0 Å². The lowest BCUT2D eigenvalue weighted by Crippen LogP contribution is -1.93. The number of nitrogens with zero attached hydrogens (tertiary/aromatic N) is 1. The summed E-state index contributed by atoms with van der Waals surface area (Å²) < 4.78 is 44.4. The molecule has 0 saturated heterocycles. The van der Waals surface area contributed by atoms with Crippen molar-refractivity contribution in [1.29, 1.82) is 0 Å². The van der Waals surface area contributed by atoms with Crippen LogP contribution >= 0.6 is 15.9 Å². The fourth-order valence-electron chi connectivity index (χ4n) is 1.26. The van der Waals surface area contributed by atoms with E-state index >= 15 is 0 Å². The van der Waals surface area contributed by atoms with E-state index in [1.807, 2.05) is 0 Å². The van der Waals surface area contributed by atoms with Gasteiger partial charge in [-0.05, 0) is 12.1 Å². The number of aromatic nitrogens is 1. The Hall–Kier alpha value is -1.30. The Morgan fingerprint density at radius 1 is 1.19 bits per heavy atom. The summed E-state index contributed by atoms with van der Waals surface area (Å²) in [7, 11) is 0. The van der Waals surface area contributed by atoms with Gasteiger partial charge in [0.05, 0.1) is 10.9 Å². The van der Waals surface area contributed by atoms with Crippen molar-refractivity contribution in [3.8, 4) is 11.3 Å². The molecule has 0 fully saturated rings. The normalized spacial score (nSPS) is 10.8. The molecule has 0 aliphatic rings. The highest BCUT2D eigenvalue weighted by Crippen LogP contribution is 2.27.